The van der Waals surface area contributed by atoms with Crippen LogP contribution in [0.2, 0.25) is 0 Å². The Morgan fingerprint density at radius 3 is 3.00 bits per heavy atom. The molecule has 2 rings (SSSR count). The van der Waals surface area contributed by atoms with Crippen molar-refractivity contribution in [2.45, 2.75) is 6.42 Å². The summed E-state index contributed by atoms with van der Waals surface area (Å²) in [4.78, 5) is 10.9. The molecule has 4 heteroatoms. The van der Waals surface area contributed by atoms with Crippen LogP contribution in [0.1, 0.15) is 5.56 Å². The van der Waals surface area contributed by atoms with E-state index in [0.29, 0.717) is 0 Å². The van der Waals surface area contributed by atoms with Gasteiger partial charge in [-0.1, -0.05) is 0 Å². The van der Waals surface area contributed by atoms with Gasteiger partial charge in [-0.25, -0.2) is 0 Å². The number of hydrogen-bond acceptors (Lipinski definition) is 3. The van der Waals surface area contributed by atoms with Crippen LogP contribution in [0.3, 0.4) is 0 Å². The minimum absolute atomic E-state index is 0.256. The van der Waals surface area contributed by atoms with Crippen molar-refractivity contribution in [2.24, 2.45) is 0 Å². The molecule has 64 valence electrons. The van der Waals surface area contributed by atoms with Gasteiger partial charge in [0.05, 0.1) is 0 Å². The van der Waals surface area contributed by atoms with Crippen molar-refractivity contribution >= 4 is 26.6 Å². The summed E-state index contributed by atoms with van der Waals surface area (Å²) in [5.74, 6) is -0.367. The van der Waals surface area contributed by atoms with Crippen LogP contribution < -0.4 is 3.44 Å². The third-order valence-electron chi connectivity index (χ3n) is 1.61. The fourth-order valence-corrected chi connectivity index (χ4v) is 3.37. The molecule has 0 N–H and O–H groups in total. The number of carbonyl (C=O) groups excluding carboxylic acids is 1. The molecule has 0 amide bonds. The van der Waals surface area contributed by atoms with Crippen LogP contribution in [-0.4, -0.2) is 5.97 Å². The molecule has 0 atom stereocenters. The normalized spacial score (nSPS) is 18.4. The zero-order valence-corrected chi connectivity index (χ0v) is 8.28. The Balaban J connectivity index is 2.47. The molecule has 0 radical (unpaired) electrons. The van der Waals surface area contributed by atoms with Crippen molar-refractivity contribution in [3.8, 4) is 0 Å². The van der Waals surface area contributed by atoms with E-state index >= 15 is 0 Å². The fourth-order valence-electron chi connectivity index (χ4n) is 1.09. The predicted molar refractivity (Wildman–Crippen MR) is 49.0 cm³/mol. The maximum atomic E-state index is 11.3. The van der Waals surface area contributed by atoms with Gasteiger partial charge in [0.1, 0.15) is 0 Å². The predicted octanol–water partition coefficient (Wildman–Crippen LogP) is 0.652. The van der Waals surface area contributed by atoms with Gasteiger partial charge in [0.25, 0.3) is 0 Å². The van der Waals surface area contributed by atoms with Gasteiger partial charge in [-0.15, -0.1) is 0 Å². The molecule has 0 aliphatic carbocycles. The Hall–Kier alpha value is -0.620. The summed E-state index contributed by atoms with van der Waals surface area (Å²) in [6, 6.07) is 7.22. The molecule has 0 spiro atoms. The van der Waals surface area contributed by atoms with E-state index in [2.05, 4.69) is 3.07 Å². The van der Waals surface area contributed by atoms with Crippen molar-refractivity contribution in [3.05, 3.63) is 33.4 Å². The van der Waals surface area contributed by atoms with Crippen LogP contribution in [-0.2, 0) is 14.3 Å². The molecule has 3 nitrogen and oxygen atoms in total. The summed E-state index contributed by atoms with van der Waals surface area (Å²) in [6.07, 6.45) is 0.256. The van der Waals surface area contributed by atoms with Gasteiger partial charge in [0.15, 0.2) is 0 Å². The van der Waals surface area contributed by atoms with Crippen molar-refractivity contribution in [3.63, 3.8) is 0 Å². The SMILES string of the molecule is O=C1Cc2ccccc2I([O-])O1. The van der Waals surface area contributed by atoms with E-state index in [1.807, 2.05) is 12.1 Å². The van der Waals surface area contributed by atoms with E-state index in [0.717, 1.165) is 9.13 Å². The molecule has 0 bridgehead atoms. The first-order chi connectivity index (χ1) is 5.77. The minimum atomic E-state index is -2.82. The topological polar surface area (TPSA) is 49.4 Å². The molecule has 0 unspecified atom stereocenters. The first-order valence-electron chi connectivity index (χ1n) is 3.44. The number of rotatable bonds is 0. The molecule has 1 aromatic rings. The Morgan fingerprint density at radius 1 is 1.42 bits per heavy atom. The van der Waals surface area contributed by atoms with Gasteiger partial charge in [0, 0.05) is 0 Å². The molecule has 0 saturated carbocycles. The molecule has 12 heavy (non-hydrogen) atoms. The van der Waals surface area contributed by atoms with Crippen molar-refractivity contribution in [1.82, 2.24) is 0 Å². The van der Waals surface area contributed by atoms with E-state index in [4.69, 9.17) is 0 Å². The number of halogens is 1. The number of hydrogen-bond donors (Lipinski definition) is 0. The van der Waals surface area contributed by atoms with E-state index in [1.54, 1.807) is 12.1 Å². The Kier molecular flexibility index (Phi) is 2.02. The number of carbonyl (C=O) groups is 1. The zero-order valence-electron chi connectivity index (χ0n) is 6.12. The van der Waals surface area contributed by atoms with Crippen LogP contribution in [0, 0.1) is 3.57 Å². The zero-order chi connectivity index (χ0) is 8.55. The molecule has 1 aliphatic rings. The molecule has 1 heterocycles. The first-order valence-corrected chi connectivity index (χ1v) is 6.28. The average Bonchev–Trinajstić information content (AvgIpc) is 2.04. The summed E-state index contributed by atoms with van der Waals surface area (Å²) >= 11 is -2.82. The number of fused-ring (bicyclic) bond motifs is 1. The van der Waals surface area contributed by atoms with E-state index in [-0.39, 0.29) is 12.4 Å². The van der Waals surface area contributed by atoms with Crippen LogP contribution in [0.15, 0.2) is 24.3 Å². The summed E-state index contributed by atoms with van der Waals surface area (Å²) in [7, 11) is 0. The molecule has 1 aromatic carbocycles. The van der Waals surface area contributed by atoms with Gasteiger partial charge in [-0.05, 0) is 0 Å². The van der Waals surface area contributed by atoms with Crippen LogP contribution in [0.4, 0.5) is 0 Å². The Morgan fingerprint density at radius 2 is 2.17 bits per heavy atom. The Labute approximate surface area is 77.8 Å². The second-order valence-corrected chi connectivity index (χ2v) is 5.28. The van der Waals surface area contributed by atoms with Crippen molar-refractivity contribution in [1.29, 1.82) is 0 Å². The summed E-state index contributed by atoms with van der Waals surface area (Å²) in [5.41, 5.74) is 0.856. The van der Waals surface area contributed by atoms with Gasteiger partial charge in [-0.3, -0.25) is 0 Å². The van der Waals surface area contributed by atoms with Gasteiger partial charge in [-0.2, -0.15) is 0 Å². The molecule has 0 aromatic heterocycles. The third-order valence-corrected chi connectivity index (χ3v) is 4.51. The average molecular weight is 277 g/mol. The van der Waals surface area contributed by atoms with Crippen molar-refractivity contribution in [2.75, 3.05) is 0 Å². The fraction of sp³-hybridized carbons (Fsp3) is 0.125. The number of benzene rings is 1. The van der Waals surface area contributed by atoms with Gasteiger partial charge in [0.2, 0.25) is 0 Å². The van der Waals surface area contributed by atoms with Crippen molar-refractivity contribution < 1.29 is 11.3 Å². The molecular weight excluding hydrogens is 271 g/mol. The second kappa shape index (κ2) is 3.02. The van der Waals surface area contributed by atoms with E-state index in [1.165, 1.54) is 0 Å². The first kappa shape index (κ1) is 8.00. The quantitative estimate of drug-likeness (QED) is 0.654. The van der Waals surface area contributed by atoms with Gasteiger partial charge >= 0.3 is 77.7 Å². The third kappa shape index (κ3) is 1.32. The van der Waals surface area contributed by atoms with Crippen LogP contribution in [0.25, 0.3) is 0 Å². The van der Waals surface area contributed by atoms with E-state index in [9.17, 15) is 8.23 Å². The van der Waals surface area contributed by atoms with Crippen LogP contribution >= 0.6 is 20.6 Å². The molecule has 0 saturated heterocycles. The Bertz CT molecular complexity index is 324. The summed E-state index contributed by atoms with van der Waals surface area (Å²) in [6.45, 7) is 0. The summed E-state index contributed by atoms with van der Waals surface area (Å²) < 4.78 is 16.7. The maximum absolute atomic E-state index is 11.3. The molecular formula is C8H6IO3-. The monoisotopic (exact) mass is 277 g/mol. The second-order valence-electron chi connectivity index (χ2n) is 2.43. The van der Waals surface area contributed by atoms with Gasteiger partial charge < -0.3 is 0 Å². The standard InChI is InChI=1S/C8H6IO3/c10-8-5-6-3-1-2-4-7(6)9(11)12-8/h1-4H,5H2/q-1. The van der Waals surface area contributed by atoms with Crippen LogP contribution in [0.5, 0.6) is 0 Å². The summed E-state index contributed by atoms with van der Waals surface area (Å²) in [5, 5.41) is 0. The van der Waals surface area contributed by atoms with E-state index < -0.39 is 20.6 Å². The molecule has 0 fully saturated rings. The molecule has 1 aliphatic heterocycles.